The number of rotatable bonds is 5. The zero-order valence-corrected chi connectivity index (χ0v) is 11.7. The molecule has 0 unspecified atom stereocenters. The van der Waals surface area contributed by atoms with Gasteiger partial charge in [-0.3, -0.25) is 10.1 Å². The minimum Gasteiger partial charge on any atom is -0.494 e. The van der Waals surface area contributed by atoms with Gasteiger partial charge in [-0.25, -0.2) is 9.18 Å². The van der Waals surface area contributed by atoms with Crippen LogP contribution in [0.5, 0.6) is 5.75 Å². The van der Waals surface area contributed by atoms with Crippen LogP contribution in [0.15, 0.2) is 30.3 Å². The molecule has 2 rings (SSSR count). The standard InChI is InChI=1S/C13H10FNO5S/c1-19-10-3-2-8(6-9(10)14)7-20-13(16)11-4-5-12(21-11)15(17)18/h2-6H,7H2,1H3. The predicted molar refractivity (Wildman–Crippen MR) is 73.0 cm³/mol. The molecule has 110 valence electrons. The molecule has 1 heterocycles. The molecule has 0 aliphatic carbocycles. The third-order valence-corrected chi connectivity index (χ3v) is 3.58. The number of benzene rings is 1. The first kappa shape index (κ1) is 14.9. The van der Waals surface area contributed by atoms with E-state index in [1.165, 1.54) is 31.4 Å². The van der Waals surface area contributed by atoms with Gasteiger partial charge in [0.2, 0.25) is 0 Å². The molecule has 2 aromatic rings. The summed E-state index contributed by atoms with van der Waals surface area (Å²) < 4.78 is 23.2. The molecule has 0 aliphatic rings. The zero-order chi connectivity index (χ0) is 15.4. The van der Waals surface area contributed by atoms with E-state index in [9.17, 15) is 19.3 Å². The third kappa shape index (κ3) is 3.54. The van der Waals surface area contributed by atoms with Crippen LogP contribution in [0.25, 0.3) is 0 Å². The molecule has 8 heteroatoms. The van der Waals surface area contributed by atoms with Crippen LogP contribution < -0.4 is 4.74 Å². The molecule has 0 bridgehead atoms. The second-order valence-corrected chi connectivity index (χ2v) is 5.00. The van der Waals surface area contributed by atoms with E-state index < -0.39 is 16.7 Å². The van der Waals surface area contributed by atoms with Crippen molar-refractivity contribution >= 4 is 22.3 Å². The fourth-order valence-electron chi connectivity index (χ4n) is 1.56. The highest BCUT2D eigenvalue weighted by Crippen LogP contribution is 2.25. The summed E-state index contributed by atoms with van der Waals surface area (Å²) in [4.78, 5) is 21.8. The molecule has 1 aromatic heterocycles. The Morgan fingerprint density at radius 3 is 2.71 bits per heavy atom. The van der Waals surface area contributed by atoms with Crippen LogP contribution in [-0.4, -0.2) is 18.0 Å². The van der Waals surface area contributed by atoms with Crippen molar-refractivity contribution in [1.82, 2.24) is 0 Å². The van der Waals surface area contributed by atoms with E-state index >= 15 is 0 Å². The van der Waals surface area contributed by atoms with Crippen molar-refractivity contribution in [1.29, 1.82) is 0 Å². The van der Waals surface area contributed by atoms with Gasteiger partial charge in [0, 0.05) is 6.07 Å². The zero-order valence-electron chi connectivity index (χ0n) is 10.9. The van der Waals surface area contributed by atoms with E-state index in [0.29, 0.717) is 5.56 Å². The van der Waals surface area contributed by atoms with Crippen LogP contribution in [0.2, 0.25) is 0 Å². The number of ether oxygens (including phenoxy) is 2. The minimum absolute atomic E-state index is 0.0963. The highest BCUT2D eigenvalue weighted by molar-refractivity contribution is 7.17. The first-order chi connectivity index (χ1) is 10.0. The number of thiophene rings is 1. The molecule has 6 nitrogen and oxygen atoms in total. The summed E-state index contributed by atoms with van der Waals surface area (Å²) in [7, 11) is 1.35. The summed E-state index contributed by atoms with van der Waals surface area (Å²) in [6.07, 6.45) is 0. The van der Waals surface area contributed by atoms with E-state index in [1.807, 2.05) is 0 Å². The lowest BCUT2D eigenvalue weighted by Gasteiger charge is -2.06. The Balaban J connectivity index is 2.00. The molecule has 21 heavy (non-hydrogen) atoms. The van der Waals surface area contributed by atoms with Crippen LogP contribution >= 0.6 is 11.3 Å². The van der Waals surface area contributed by atoms with Crippen molar-refractivity contribution in [3.63, 3.8) is 0 Å². The Hall–Kier alpha value is -2.48. The molecule has 0 radical (unpaired) electrons. The van der Waals surface area contributed by atoms with Crippen molar-refractivity contribution in [3.05, 3.63) is 56.7 Å². The minimum atomic E-state index is -0.690. The maximum absolute atomic E-state index is 13.5. The van der Waals surface area contributed by atoms with E-state index in [4.69, 9.17) is 9.47 Å². The number of halogens is 1. The van der Waals surface area contributed by atoms with Crippen LogP contribution in [0.3, 0.4) is 0 Å². The van der Waals surface area contributed by atoms with E-state index in [-0.39, 0.29) is 22.2 Å². The molecule has 0 saturated heterocycles. The summed E-state index contributed by atoms with van der Waals surface area (Å²) in [5, 5.41) is 10.4. The van der Waals surface area contributed by atoms with Gasteiger partial charge >= 0.3 is 11.0 Å². The molecule has 0 fully saturated rings. The third-order valence-electron chi connectivity index (χ3n) is 2.56. The molecule has 0 saturated carbocycles. The lowest BCUT2D eigenvalue weighted by Crippen LogP contribution is -2.03. The molecule has 0 spiro atoms. The highest BCUT2D eigenvalue weighted by Gasteiger charge is 2.16. The fourth-order valence-corrected chi connectivity index (χ4v) is 2.27. The van der Waals surface area contributed by atoms with Crippen molar-refractivity contribution in [3.8, 4) is 5.75 Å². The van der Waals surface area contributed by atoms with Gasteiger partial charge in [0.15, 0.2) is 11.6 Å². The number of hydrogen-bond acceptors (Lipinski definition) is 6. The largest absolute Gasteiger partial charge is 0.494 e. The normalized spacial score (nSPS) is 10.2. The number of esters is 1. The maximum atomic E-state index is 13.5. The van der Waals surface area contributed by atoms with E-state index in [0.717, 1.165) is 11.3 Å². The lowest BCUT2D eigenvalue weighted by atomic mass is 10.2. The number of carbonyl (C=O) groups is 1. The van der Waals surface area contributed by atoms with Crippen LogP contribution in [0.4, 0.5) is 9.39 Å². The molecular formula is C13H10FNO5S. The van der Waals surface area contributed by atoms with E-state index in [1.54, 1.807) is 6.07 Å². The molecule has 0 atom stereocenters. The summed E-state index contributed by atoms with van der Waals surface area (Å²) in [6.45, 7) is -0.133. The quantitative estimate of drug-likeness (QED) is 0.481. The first-order valence-electron chi connectivity index (χ1n) is 5.75. The maximum Gasteiger partial charge on any atom is 0.348 e. The van der Waals surface area contributed by atoms with Gasteiger partial charge in [0.25, 0.3) is 0 Å². The summed E-state index contributed by atoms with van der Waals surface area (Å²) in [6, 6.07) is 6.73. The monoisotopic (exact) mass is 311 g/mol. The van der Waals surface area contributed by atoms with Crippen molar-refractivity contribution in [2.24, 2.45) is 0 Å². The van der Waals surface area contributed by atoms with Gasteiger partial charge in [-0.2, -0.15) is 0 Å². The van der Waals surface area contributed by atoms with Crippen molar-refractivity contribution < 1.29 is 23.6 Å². The topological polar surface area (TPSA) is 78.7 Å². The predicted octanol–water partition coefficient (Wildman–Crippen LogP) is 3.16. The molecule has 0 amide bonds. The number of hydrogen-bond donors (Lipinski definition) is 0. The smallest absolute Gasteiger partial charge is 0.348 e. The Morgan fingerprint density at radius 1 is 1.38 bits per heavy atom. The summed E-state index contributed by atoms with van der Waals surface area (Å²) in [5.74, 6) is -1.15. The van der Waals surface area contributed by atoms with Crippen LogP contribution in [0, 0.1) is 15.9 Å². The average Bonchev–Trinajstić information content (AvgIpc) is 2.95. The fraction of sp³-hybridized carbons (Fsp3) is 0.154. The Labute approximate surface area is 122 Å². The second kappa shape index (κ2) is 6.31. The first-order valence-corrected chi connectivity index (χ1v) is 6.56. The van der Waals surface area contributed by atoms with Gasteiger partial charge in [-0.15, -0.1) is 0 Å². The molecule has 1 aromatic carbocycles. The van der Waals surface area contributed by atoms with Gasteiger partial charge < -0.3 is 9.47 Å². The molecular weight excluding hydrogens is 301 g/mol. The number of nitrogens with zero attached hydrogens (tertiary/aromatic N) is 1. The Kier molecular flexibility index (Phi) is 4.49. The van der Waals surface area contributed by atoms with Gasteiger partial charge in [-0.05, 0) is 23.8 Å². The number of methoxy groups -OCH3 is 1. The SMILES string of the molecule is COc1ccc(COC(=O)c2ccc([N+](=O)[O-])s2)cc1F. The lowest BCUT2D eigenvalue weighted by molar-refractivity contribution is -0.380. The summed E-state index contributed by atoms with van der Waals surface area (Å²) in [5.41, 5.74) is 0.452. The van der Waals surface area contributed by atoms with Gasteiger partial charge in [0.05, 0.1) is 12.0 Å². The van der Waals surface area contributed by atoms with Gasteiger partial charge in [0.1, 0.15) is 11.5 Å². The van der Waals surface area contributed by atoms with Crippen molar-refractivity contribution in [2.75, 3.05) is 7.11 Å². The summed E-state index contributed by atoms with van der Waals surface area (Å²) >= 11 is 0.726. The Bertz CT molecular complexity index is 685. The molecule has 0 N–H and O–H groups in total. The highest BCUT2D eigenvalue weighted by atomic mass is 32.1. The number of nitro groups is 1. The van der Waals surface area contributed by atoms with Gasteiger partial charge in [-0.1, -0.05) is 17.4 Å². The molecule has 0 aliphatic heterocycles. The van der Waals surface area contributed by atoms with Crippen LogP contribution in [-0.2, 0) is 11.3 Å². The van der Waals surface area contributed by atoms with Crippen LogP contribution in [0.1, 0.15) is 15.2 Å². The van der Waals surface area contributed by atoms with E-state index in [2.05, 4.69) is 0 Å². The number of carbonyl (C=O) groups excluding carboxylic acids is 1. The second-order valence-electron chi connectivity index (χ2n) is 3.94. The Morgan fingerprint density at radius 2 is 2.14 bits per heavy atom. The van der Waals surface area contributed by atoms with Crippen molar-refractivity contribution in [2.45, 2.75) is 6.61 Å². The average molecular weight is 311 g/mol.